The molecule has 0 radical (unpaired) electrons. The molecule has 0 aliphatic heterocycles. The molecule has 6 heteroatoms. The maximum atomic E-state index is 11.9. The van der Waals surface area contributed by atoms with Crippen molar-refractivity contribution in [2.24, 2.45) is 5.92 Å². The van der Waals surface area contributed by atoms with Crippen LogP contribution in [0.1, 0.15) is 6.92 Å². The van der Waals surface area contributed by atoms with Crippen LogP contribution in [0.2, 0.25) is 0 Å². The standard InChI is InChI=1S/C6H10F3NO2/c1-4(12)10-2-5(3-11)6(7,8)9/h5,11H,2-3H2,1H3,(H,10,12). The second-order valence-corrected chi connectivity index (χ2v) is 2.36. The molecule has 3 nitrogen and oxygen atoms in total. The van der Waals surface area contributed by atoms with Crippen molar-refractivity contribution in [3.63, 3.8) is 0 Å². The summed E-state index contributed by atoms with van der Waals surface area (Å²) in [6.45, 7) is -0.468. The molecule has 0 aromatic rings. The topological polar surface area (TPSA) is 49.3 Å². The molecule has 0 spiro atoms. The molecule has 0 heterocycles. The van der Waals surface area contributed by atoms with E-state index in [1.165, 1.54) is 0 Å². The molecule has 2 N–H and O–H groups in total. The van der Waals surface area contributed by atoms with Gasteiger partial charge in [0, 0.05) is 13.5 Å². The Morgan fingerprint density at radius 1 is 1.58 bits per heavy atom. The highest BCUT2D eigenvalue weighted by Crippen LogP contribution is 2.24. The highest BCUT2D eigenvalue weighted by atomic mass is 19.4. The Kier molecular flexibility index (Phi) is 4.02. The largest absolute Gasteiger partial charge is 0.396 e. The summed E-state index contributed by atoms with van der Waals surface area (Å²) in [7, 11) is 0. The molecule has 1 atom stereocenters. The number of hydrogen-bond donors (Lipinski definition) is 2. The SMILES string of the molecule is CC(=O)NCC(CO)C(F)(F)F. The molecule has 0 aromatic heterocycles. The minimum absolute atomic E-state index is 0.544. The van der Waals surface area contributed by atoms with Gasteiger partial charge in [0.1, 0.15) is 0 Å². The van der Waals surface area contributed by atoms with Gasteiger partial charge in [0.05, 0.1) is 12.5 Å². The van der Waals surface area contributed by atoms with E-state index in [0.717, 1.165) is 6.92 Å². The van der Waals surface area contributed by atoms with E-state index < -0.39 is 31.2 Å². The van der Waals surface area contributed by atoms with E-state index >= 15 is 0 Å². The van der Waals surface area contributed by atoms with E-state index in [-0.39, 0.29) is 0 Å². The Morgan fingerprint density at radius 3 is 2.33 bits per heavy atom. The fourth-order valence-electron chi connectivity index (χ4n) is 0.551. The highest BCUT2D eigenvalue weighted by molar-refractivity contribution is 5.72. The average molecular weight is 185 g/mol. The predicted octanol–water partition coefficient (Wildman–Crippen LogP) is 0.293. The van der Waals surface area contributed by atoms with Gasteiger partial charge in [0.2, 0.25) is 5.91 Å². The zero-order chi connectivity index (χ0) is 9.78. The van der Waals surface area contributed by atoms with E-state index in [0.29, 0.717) is 0 Å². The van der Waals surface area contributed by atoms with Crippen LogP contribution in [-0.4, -0.2) is 30.3 Å². The molecule has 0 saturated heterocycles. The first kappa shape index (κ1) is 11.2. The van der Waals surface area contributed by atoms with Crippen LogP contribution in [0.25, 0.3) is 0 Å². The molecule has 0 aliphatic carbocycles. The number of alkyl halides is 3. The third kappa shape index (κ3) is 4.17. The van der Waals surface area contributed by atoms with Crippen molar-refractivity contribution in [1.82, 2.24) is 5.32 Å². The third-order valence-corrected chi connectivity index (χ3v) is 1.28. The quantitative estimate of drug-likeness (QED) is 0.664. The summed E-state index contributed by atoms with van der Waals surface area (Å²) in [6.07, 6.45) is -4.46. The summed E-state index contributed by atoms with van der Waals surface area (Å²) in [4.78, 5) is 10.2. The van der Waals surface area contributed by atoms with E-state index in [9.17, 15) is 18.0 Å². The van der Waals surface area contributed by atoms with Crippen LogP contribution in [0.15, 0.2) is 0 Å². The summed E-state index contributed by atoms with van der Waals surface area (Å²) in [5.74, 6) is -2.42. The van der Waals surface area contributed by atoms with Crippen molar-refractivity contribution in [3.8, 4) is 0 Å². The van der Waals surface area contributed by atoms with E-state index in [1.807, 2.05) is 5.32 Å². The molecule has 0 fully saturated rings. The fraction of sp³-hybridized carbons (Fsp3) is 0.833. The van der Waals surface area contributed by atoms with Crippen LogP contribution in [0.3, 0.4) is 0 Å². The summed E-state index contributed by atoms with van der Waals surface area (Å²) >= 11 is 0. The number of aliphatic hydroxyl groups excluding tert-OH is 1. The van der Waals surface area contributed by atoms with Crippen molar-refractivity contribution in [2.45, 2.75) is 13.1 Å². The van der Waals surface area contributed by atoms with Gasteiger partial charge in [0.15, 0.2) is 0 Å². The monoisotopic (exact) mass is 185 g/mol. The first-order valence-electron chi connectivity index (χ1n) is 3.30. The van der Waals surface area contributed by atoms with Crippen LogP contribution in [0, 0.1) is 5.92 Å². The van der Waals surface area contributed by atoms with E-state index in [1.54, 1.807) is 0 Å². The zero-order valence-electron chi connectivity index (χ0n) is 6.48. The van der Waals surface area contributed by atoms with Crippen LogP contribution < -0.4 is 5.32 Å². The number of amides is 1. The van der Waals surface area contributed by atoms with Gasteiger partial charge in [-0.3, -0.25) is 4.79 Å². The molecule has 0 bridgehead atoms. The Hall–Kier alpha value is -0.780. The van der Waals surface area contributed by atoms with Crippen LogP contribution in [0.4, 0.5) is 13.2 Å². The lowest BCUT2D eigenvalue weighted by molar-refractivity contribution is -0.182. The molecular formula is C6H10F3NO2. The first-order valence-corrected chi connectivity index (χ1v) is 3.30. The zero-order valence-corrected chi connectivity index (χ0v) is 6.48. The van der Waals surface area contributed by atoms with Gasteiger partial charge in [-0.2, -0.15) is 13.2 Å². The van der Waals surface area contributed by atoms with Crippen molar-refractivity contribution < 1.29 is 23.1 Å². The van der Waals surface area contributed by atoms with Gasteiger partial charge in [-0.05, 0) is 0 Å². The van der Waals surface area contributed by atoms with Gasteiger partial charge in [-0.1, -0.05) is 0 Å². The molecule has 0 aliphatic rings. The van der Waals surface area contributed by atoms with Crippen LogP contribution in [0.5, 0.6) is 0 Å². The maximum absolute atomic E-state index is 11.9. The fourth-order valence-corrected chi connectivity index (χ4v) is 0.551. The Bertz CT molecular complexity index is 157. The molecular weight excluding hydrogens is 175 g/mol. The third-order valence-electron chi connectivity index (χ3n) is 1.28. The van der Waals surface area contributed by atoms with E-state index in [2.05, 4.69) is 0 Å². The second kappa shape index (κ2) is 4.30. The highest BCUT2D eigenvalue weighted by Gasteiger charge is 2.38. The Balaban J connectivity index is 3.92. The summed E-state index contributed by atoms with van der Waals surface area (Å²) < 4.78 is 35.6. The maximum Gasteiger partial charge on any atom is 0.395 e. The van der Waals surface area contributed by atoms with Crippen molar-refractivity contribution in [1.29, 1.82) is 0 Å². The van der Waals surface area contributed by atoms with E-state index in [4.69, 9.17) is 5.11 Å². The summed E-state index contributed by atoms with van der Waals surface area (Å²) in [5, 5.41) is 10.3. The number of aliphatic hydroxyl groups is 1. The molecule has 0 aromatic carbocycles. The minimum atomic E-state index is -4.46. The lowest BCUT2D eigenvalue weighted by Crippen LogP contribution is -2.37. The summed E-state index contributed by atoms with van der Waals surface area (Å²) in [5.41, 5.74) is 0. The Morgan fingerprint density at radius 2 is 2.08 bits per heavy atom. The molecule has 0 rings (SSSR count). The molecule has 72 valence electrons. The molecule has 0 saturated carbocycles. The van der Waals surface area contributed by atoms with Crippen molar-refractivity contribution in [2.75, 3.05) is 13.2 Å². The van der Waals surface area contributed by atoms with Crippen molar-refractivity contribution >= 4 is 5.91 Å². The molecule has 12 heavy (non-hydrogen) atoms. The lowest BCUT2D eigenvalue weighted by Gasteiger charge is -2.17. The van der Waals surface area contributed by atoms with Crippen LogP contribution >= 0.6 is 0 Å². The van der Waals surface area contributed by atoms with Gasteiger partial charge >= 0.3 is 6.18 Å². The van der Waals surface area contributed by atoms with Gasteiger partial charge in [-0.25, -0.2) is 0 Å². The average Bonchev–Trinajstić information content (AvgIpc) is 1.85. The van der Waals surface area contributed by atoms with Gasteiger partial charge in [-0.15, -0.1) is 0 Å². The number of nitrogens with one attached hydrogen (secondary N) is 1. The molecule has 1 amide bonds. The number of halogens is 3. The smallest absolute Gasteiger partial charge is 0.395 e. The minimum Gasteiger partial charge on any atom is -0.396 e. The number of rotatable bonds is 3. The van der Waals surface area contributed by atoms with Crippen LogP contribution in [-0.2, 0) is 4.79 Å². The summed E-state index contributed by atoms with van der Waals surface area (Å²) in [6, 6.07) is 0. The second-order valence-electron chi connectivity index (χ2n) is 2.36. The first-order chi connectivity index (χ1) is 5.38. The lowest BCUT2D eigenvalue weighted by atomic mass is 10.1. The number of carbonyl (C=O) groups excluding carboxylic acids is 1. The normalized spacial score (nSPS) is 14.1. The number of carbonyl (C=O) groups is 1. The predicted molar refractivity (Wildman–Crippen MR) is 35.3 cm³/mol. The van der Waals surface area contributed by atoms with Crippen molar-refractivity contribution in [3.05, 3.63) is 0 Å². The number of hydrogen-bond acceptors (Lipinski definition) is 2. The van der Waals surface area contributed by atoms with Gasteiger partial charge in [0.25, 0.3) is 0 Å². The Labute approximate surface area is 67.6 Å². The van der Waals surface area contributed by atoms with Gasteiger partial charge < -0.3 is 10.4 Å². The molecule has 1 unspecified atom stereocenters.